The highest BCUT2D eigenvalue weighted by Crippen LogP contribution is 2.38. The van der Waals surface area contributed by atoms with Crippen LogP contribution in [0.25, 0.3) is 0 Å². The Labute approximate surface area is 115 Å². The molecule has 4 heteroatoms. The molecule has 2 fully saturated rings. The number of rotatable bonds is 4. The number of anilines is 2. The van der Waals surface area contributed by atoms with E-state index in [9.17, 15) is 0 Å². The van der Waals surface area contributed by atoms with Crippen molar-refractivity contribution in [2.45, 2.75) is 51.4 Å². The summed E-state index contributed by atoms with van der Waals surface area (Å²) in [5, 5.41) is 3.46. The van der Waals surface area contributed by atoms with Crippen molar-refractivity contribution in [1.29, 1.82) is 0 Å². The molecule has 0 spiro atoms. The van der Waals surface area contributed by atoms with Crippen molar-refractivity contribution in [1.82, 2.24) is 9.97 Å². The SMILES string of the molecule is CC1CCC(CNc2cc(N)nc(C3CC3)n2)CC1. The van der Waals surface area contributed by atoms with E-state index in [1.54, 1.807) is 0 Å². The number of hydrogen-bond acceptors (Lipinski definition) is 4. The van der Waals surface area contributed by atoms with Gasteiger partial charge in [-0.15, -0.1) is 0 Å². The maximum Gasteiger partial charge on any atom is 0.136 e. The van der Waals surface area contributed by atoms with Crippen molar-refractivity contribution in [3.8, 4) is 0 Å². The first kappa shape index (κ1) is 12.7. The molecule has 0 saturated heterocycles. The Morgan fingerprint density at radius 2 is 1.89 bits per heavy atom. The zero-order valence-electron chi connectivity index (χ0n) is 11.7. The van der Waals surface area contributed by atoms with Crippen LogP contribution < -0.4 is 11.1 Å². The molecule has 1 heterocycles. The number of nitrogens with one attached hydrogen (secondary N) is 1. The molecule has 4 nitrogen and oxygen atoms in total. The lowest BCUT2D eigenvalue weighted by Gasteiger charge is -2.26. The lowest BCUT2D eigenvalue weighted by molar-refractivity contribution is 0.300. The van der Waals surface area contributed by atoms with E-state index in [1.807, 2.05) is 6.07 Å². The monoisotopic (exact) mass is 260 g/mol. The molecule has 0 aromatic carbocycles. The molecule has 0 atom stereocenters. The number of aromatic nitrogens is 2. The number of nitrogen functional groups attached to an aromatic ring is 1. The van der Waals surface area contributed by atoms with E-state index in [-0.39, 0.29) is 0 Å². The van der Waals surface area contributed by atoms with Gasteiger partial charge in [0.05, 0.1) is 0 Å². The zero-order valence-corrected chi connectivity index (χ0v) is 11.7. The molecule has 2 saturated carbocycles. The molecule has 3 rings (SSSR count). The molecule has 0 bridgehead atoms. The molecule has 19 heavy (non-hydrogen) atoms. The minimum Gasteiger partial charge on any atom is -0.384 e. The third-order valence-corrected chi connectivity index (χ3v) is 4.41. The van der Waals surface area contributed by atoms with Crippen molar-refractivity contribution >= 4 is 11.6 Å². The Bertz CT molecular complexity index is 434. The topological polar surface area (TPSA) is 63.8 Å². The summed E-state index contributed by atoms with van der Waals surface area (Å²) in [6.45, 7) is 3.38. The van der Waals surface area contributed by atoms with Crippen LogP contribution in [0.2, 0.25) is 0 Å². The minimum absolute atomic E-state index is 0.555. The van der Waals surface area contributed by atoms with Crippen LogP contribution >= 0.6 is 0 Å². The van der Waals surface area contributed by atoms with E-state index in [2.05, 4.69) is 22.2 Å². The molecule has 2 aliphatic rings. The highest BCUT2D eigenvalue weighted by molar-refractivity contribution is 5.45. The molecule has 0 aliphatic heterocycles. The Morgan fingerprint density at radius 3 is 2.58 bits per heavy atom. The molecule has 0 radical (unpaired) electrons. The molecule has 3 N–H and O–H groups in total. The predicted octanol–water partition coefficient (Wildman–Crippen LogP) is 3.17. The first-order valence-corrected chi connectivity index (χ1v) is 7.59. The lowest BCUT2D eigenvalue weighted by Crippen LogP contribution is -2.20. The molecule has 0 amide bonds. The summed E-state index contributed by atoms with van der Waals surface area (Å²) >= 11 is 0. The van der Waals surface area contributed by atoms with Gasteiger partial charge in [-0.25, -0.2) is 9.97 Å². The highest BCUT2D eigenvalue weighted by Gasteiger charge is 2.27. The predicted molar refractivity (Wildman–Crippen MR) is 78.0 cm³/mol. The normalized spacial score (nSPS) is 27.2. The van der Waals surface area contributed by atoms with Gasteiger partial charge in [-0.2, -0.15) is 0 Å². The largest absolute Gasteiger partial charge is 0.384 e. The zero-order chi connectivity index (χ0) is 13.2. The van der Waals surface area contributed by atoms with Gasteiger partial charge in [0, 0.05) is 18.5 Å². The van der Waals surface area contributed by atoms with Crippen molar-refractivity contribution in [2.24, 2.45) is 11.8 Å². The van der Waals surface area contributed by atoms with E-state index in [0.29, 0.717) is 11.7 Å². The van der Waals surface area contributed by atoms with Crippen LogP contribution in [0.15, 0.2) is 6.07 Å². The fourth-order valence-electron chi connectivity index (χ4n) is 2.88. The average molecular weight is 260 g/mol. The van der Waals surface area contributed by atoms with E-state index in [0.717, 1.165) is 30.0 Å². The van der Waals surface area contributed by atoms with Crippen molar-refractivity contribution in [3.63, 3.8) is 0 Å². The number of nitrogens with two attached hydrogens (primary N) is 1. The van der Waals surface area contributed by atoms with Gasteiger partial charge in [-0.05, 0) is 37.5 Å². The molecular formula is C15H24N4. The summed E-state index contributed by atoms with van der Waals surface area (Å²) in [4.78, 5) is 8.92. The first-order valence-electron chi connectivity index (χ1n) is 7.59. The summed E-state index contributed by atoms with van der Waals surface area (Å²) in [7, 11) is 0. The van der Waals surface area contributed by atoms with Gasteiger partial charge >= 0.3 is 0 Å². The van der Waals surface area contributed by atoms with Gasteiger partial charge in [0.1, 0.15) is 17.5 Å². The standard InChI is InChI=1S/C15H24N4/c1-10-2-4-11(5-3-10)9-17-14-8-13(16)18-15(19-14)12-6-7-12/h8,10-12H,2-7,9H2,1H3,(H3,16,17,18,19). The molecule has 2 aliphatic carbocycles. The first-order chi connectivity index (χ1) is 9.20. The van der Waals surface area contributed by atoms with E-state index in [1.165, 1.54) is 38.5 Å². The third kappa shape index (κ3) is 3.37. The van der Waals surface area contributed by atoms with Crippen LogP contribution in [0.1, 0.15) is 57.2 Å². The van der Waals surface area contributed by atoms with Gasteiger partial charge in [-0.3, -0.25) is 0 Å². The van der Waals surface area contributed by atoms with Crippen LogP contribution in [0.3, 0.4) is 0 Å². The minimum atomic E-state index is 0.555. The third-order valence-electron chi connectivity index (χ3n) is 4.41. The van der Waals surface area contributed by atoms with E-state index >= 15 is 0 Å². The second-order valence-electron chi connectivity index (χ2n) is 6.32. The maximum absolute atomic E-state index is 5.86. The molecule has 1 aromatic heterocycles. The average Bonchev–Trinajstić information content (AvgIpc) is 3.22. The van der Waals surface area contributed by atoms with E-state index in [4.69, 9.17) is 5.73 Å². The Morgan fingerprint density at radius 1 is 1.16 bits per heavy atom. The fraction of sp³-hybridized carbons (Fsp3) is 0.733. The van der Waals surface area contributed by atoms with Crippen molar-refractivity contribution in [2.75, 3.05) is 17.6 Å². The Kier molecular flexibility index (Phi) is 3.58. The molecule has 0 unspecified atom stereocenters. The second kappa shape index (κ2) is 5.35. The summed E-state index contributed by atoms with van der Waals surface area (Å²) < 4.78 is 0. The van der Waals surface area contributed by atoms with Gasteiger partial charge in [0.25, 0.3) is 0 Å². The lowest BCUT2D eigenvalue weighted by atomic mass is 9.83. The smallest absolute Gasteiger partial charge is 0.136 e. The highest BCUT2D eigenvalue weighted by atomic mass is 15.1. The van der Waals surface area contributed by atoms with Crippen molar-refractivity contribution in [3.05, 3.63) is 11.9 Å². The van der Waals surface area contributed by atoms with Crippen LogP contribution in [-0.4, -0.2) is 16.5 Å². The van der Waals surface area contributed by atoms with Crippen LogP contribution in [0.4, 0.5) is 11.6 Å². The molecule has 1 aromatic rings. The summed E-state index contributed by atoms with van der Waals surface area (Å²) in [6.07, 6.45) is 7.83. The second-order valence-corrected chi connectivity index (χ2v) is 6.32. The maximum atomic E-state index is 5.86. The van der Waals surface area contributed by atoms with Gasteiger partial charge in [0.15, 0.2) is 0 Å². The molecular weight excluding hydrogens is 236 g/mol. The number of hydrogen-bond donors (Lipinski definition) is 2. The van der Waals surface area contributed by atoms with Crippen molar-refractivity contribution < 1.29 is 0 Å². The van der Waals surface area contributed by atoms with Crippen LogP contribution in [0, 0.1) is 11.8 Å². The van der Waals surface area contributed by atoms with Gasteiger partial charge in [-0.1, -0.05) is 19.8 Å². The Hall–Kier alpha value is -1.32. The summed E-state index contributed by atoms with van der Waals surface area (Å²) in [5.74, 6) is 4.69. The van der Waals surface area contributed by atoms with Gasteiger partial charge < -0.3 is 11.1 Å². The number of nitrogens with zero attached hydrogens (tertiary/aromatic N) is 2. The summed E-state index contributed by atoms with van der Waals surface area (Å²) in [5.41, 5.74) is 5.86. The quantitative estimate of drug-likeness (QED) is 0.872. The van der Waals surface area contributed by atoms with E-state index < -0.39 is 0 Å². The molecule has 104 valence electrons. The Balaban J connectivity index is 1.57. The van der Waals surface area contributed by atoms with Crippen LogP contribution in [-0.2, 0) is 0 Å². The summed E-state index contributed by atoms with van der Waals surface area (Å²) in [6, 6.07) is 1.86. The van der Waals surface area contributed by atoms with Gasteiger partial charge in [0.2, 0.25) is 0 Å². The van der Waals surface area contributed by atoms with Crippen LogP contribution in [0.5, 0.6) is 0 Å². The fourth-order valence-corrected chi connectivity index (χ4v) is 2.88.